The number of thiophene rings is 1. The zero-order chi connectivity index (χ0) is 17.9. The second-order valence-corrected chi connectivity index (χ2v) is 8.20. The third-order valence-corrected chi connectivity index (χ3v) is 6.11. The molecule has 5 nitrogen and oxygen atoms in total. The summed E-state index contributed by atoms with van der Waals surface area (Å²) in [5.41, 5.74) is 1.55. The van der Waals surface area contributed by atoms with Crippen LogP contribution in [-0.4, -0.2) is 48.6 Å². The normalized spacial score (nSPS) is 16.7. The number of benzene rings is 1. The van der Waals surface area contributed by atoms with Gasteiger partial charge in [0.1, 0.15) is 5.69 Å². The Morgan fingerprint density at radius 3 is 2.92 bits per heavy atom. The molecule has 1 saturated heterocycles. The first-order valence-corrected chi connectivity index (χ1v) is 10.3. The van der Waals surface area contributed by atoms with Gasteiger partial charge in [0.25, 0.3) is 5.91 Å². The van der Waals surface area contributed by atoms with Crippen LogP contribution in [0.5, 0.6) is 0 Å². The van der Waals surface area contributed by atoms with Gasteiger partial charge in [0.15, 0.2) is 0 Å². The molecule has 0 saturated carbocycles. The van der Waals surface area contributed by atoms with Crippen LogP contribution < -0.4 is 5.32 Å². The molecule has 1 atom stereocenters. The molecule has 26 heavy (non-hydrogen) atoms. The number of hydrogen-bond donors (Lipinski definition) is 2. The number of amides is 1. The Bertz CT molecular complexity index is 887. The summed E-state index contributed by atoms with van der Waals surface area (Å²) in [7, 11) is 0. The Kier molecular flexibility index (Phi) is 5.40. The Morgan fingerprint density at radius 1 is 1.31 bits per heavy atom. The average molecular weight is 434 g/mol. The number of nitrogens with one attached hydrogen (secondary N) is 2. The molecule has 4 rings (SSSR count). The van der Waals surface area contributed by atoms with E-state index in [1.807, 2.05) is 24.3 Å². The highest BCUT2D eigenvalue weighted by molar-refractivity contribution is 9.10. The number of morpholine rings is 1. The predicted molar refractivity (Wildman–Crippen MR) is 108 cm³/mol. The van der Waals surface area contributed by atoms with Gasteiger partial charge in [-0.2, -0.15) is 0 Å². The first kappa shape index (κ1) is 17.7. The molecule has 1 aliphatic rings. The van der Waals surface area contributed by atoms with Crippen LogP contribution in [0, 0.1) is 0 Å². The van der Waals surface area contributed by atoms with Crippen LogP contribution in [-0.2, 0) is 4.74 Å². The van der Waals surface area contributed by atoms with Gasteiger partial charge >= 0.3 is 0 Å². The van der Waals surface area contributed by atoms with Crippen molar-refractivity contribution in [3.8, 4) is 0 Å². The van der Waals surface area contributed by atoms with Crippen LogP contribution in [0.4, 0.5) is 0 Å². The van der Waals surface area contributed by atoms with Crippen molar-refractivity contribution in [1.29, 1.82) is 0 Å². The molecule has 1 amide bonds. The summed E-state index contributed by atoms with van der Waals surface area (Å²) >= 11 is 5.20. The van der Waals surface area contributed by atoms with Crippen LogP contribution in [0.2, 0.25) is 0 Å². The first-order chi connectivity index (χ1) is 12.7. The first-order valence-electron chi connectivity index (χ1n) is 8.62. The van der Waals surface area contributed by atoms with Crippen molar-refractivity contribution >= 4 is 44.1 Å². The molecule has 3 aromatic rings. The number of aromatic amines is 1. The quantitative estimate of drug-likeness (QED) is 0.643. The van der Waals surface area contributed by atoms with Gasteiger partial charge in [0.05, 0.1) is 19.3 Å². The van der Waals surface area contributed by atoms with Crippen molar-refractivity contribution in [2.24, 2.45) is 0 Å². The molecule has 0 radical (unpaired) electrons. The van der Waals surface area contributed by atoms with E-state index in [1.165, 1.54) is 4.88 Å². The molecule has 3 heterocycles. The van der Waals surface area contributed by atoms with Crippen LogP contribution in [0.3, 0.4) is 0 Å². The van der Waals surface area contributed by atoms with Gasteiger partial charge < -0.3 is 15.0 Å². The lowest BCUT2D eigenvalue weighted by atomic mass is 10.2. The number of aromatic nitrogens is 1. The van der Waals surface area contributed by atoms with Crippen LogP contribution in [0.25, 0.3) is 10.9 Å². The number of halogens is 1. The number of fused-ring (bicyclic) bond motifs is 1. The molecule has 0 spiro atoms. The molecule has 1 fully saturated rings. The Labute approximate surface area is 164 Å². The number of H-pyrrole nitrogens is 1. The van der Waals surface area contributed by atoms with Crippen LogP contribution in [0.1, 0.15) is 21.4 Å². The molecule has 136 valence electrons. The topological polar surface area (TPSA) is 57.4 Å². The second-order valence-electron chi connectivity index (χ2n) is 6.30. The Balaban J connectivity index is 1.48. The van der Waals surface area contributed by atoms with Crippen LogP contribution in [0.15, 0.2) is 46.3 Å². The van der Waals surface area contributed by atoms with Gasteiger partial charge in [-0.25, -0.2) is 0 Å². The van der Waals surface area contributed by atoms with E-state index in [4.69, 9.17) is 4.74 Å². The SMILES string of the molecule is O=C(NC[C@@H](c1cccs1)N1CCOCC1)c1cc2cc(Br)ccc2[nH]1. The maximum absolute atomic E-state index is 12.7. The summed E-state index contributed by atoms with van der Waals surface area (Å²) in [6.07, 6.45) is 0. The van der Waals surface area contributed by atoms with E-state index in [9.17, 15) is 4.79 Å². The summed E-state index contributed by atoms with van der Waals surface area (Å²) in [4.78, 5) is 19.5. The van der Waals surface area contributed by atoms with E-state index in [0.717, 1.165) is 41.7 Å². The molecule has 0 aliphatic carbocycles. The number of carbonyl (C=O) groups excluding carboxylic acids is 1. The summed E-state index contributed by atoms with van der Waals surface area (Å²) < 4.78 is 6.47. The maximum Gasteiger partial charge on any atom is 0.267 e. The fourth-order valence-electron chi connectivity index (χ4n) is 3.29. The number of rotatable bonds is 5. The van der Waals surface area contributed by atoms with E-state index >= 15 is 0 Å². The molecular weight excluding hydrogens is 414 g/mol. The Morgan fingerprint density at radius 2 is 2.15 bits per heavy atom. The average Bonchev–Trinajstić information content (AvgIpc) is 3.32. The number of hydrogen-bond acceptors (Lipinski definition) is 4. The van der Waals surface area contributed by atoms with Crippen molar-refractivity contribution in [1.82, 2.24) is 15.2 Å². The van der Waals surface area contributed by atoms with Crippen molar-refractivity contribution < 1.29 is 9.53 Å². The van der Waals surface area contributed by atoms with Crippen molar-refractivity contribution in [2.75, 3.05) is 32.8 Å². The lowest BCUT2D eigenvalue weighted by Crippen LogP contribution is -2.43. The van der Waals surface area contributed by atoms with Gasteiger partial charge in [0, 0.05) is 39.9 Å². The fourth-order valence-corrected chi connectivity index (χ4v) is 4.53. The molecule has 7 heteroatoms. The molecular formula is C19H20BrN3O2S. The molecule has 0 unspecified atom stereocenters. The molecule has 1 aliphatic heterocycles. The second kappa shape index (κ2) is 7.92. The molecule has 2 N–H and O–H groups in total. The minimum atomic E-state index is -0.0767. The van der Waals surface area contributed by atoms with Crippen LogP contribution >= 0.6 is 27.3 Å². The minimum Gasteiger partial charge on any atom is -0.379 e. The predicted octanol–water partition coefficient (Wildman–Crippen LogP) is 3.80. The maximum atomic E-state index is 12.7. The smallest absolute Gasteiger partial charge is 0.267 e. The lowest BCUT2D eigenvalue weighted by Gasteiger charge is -2.34. The fraction of sp³-hybridized carbons (Fsp3) is 0.316. The minimum absolute atomic E-state index is 0.0767. The van der Waals surface area contributed by atoms with Gasteiger partial charge in [-0.05, 0) is 35.7 Å². The van der Waals surface area contributed by atoms with E-state index in [2.05, 4.69) is 48.6 Å². The number of carbonyl (C=O) groups is 1. The highest BCUT2D eigenvalue weighted by Gasteiger charge is 2.24. The summed E-state index contributed by atoms with van der Waals surface area (Å²) in [5, 5.41) is 6.21. The zero-order valence-corrected chi connectivity index (χ0v) is 16.6. The number of nitrogens with zero attached hydrogens (tertiary/aromatic N) is 1. The molecule has 0 bridgehead atoms. The monoisotopic (exact) mass is 433 g/mol. The van der Waals surface area contributed by atoms with E-state index < -0.39 is 0 Å². The van der Waals surface area contributed by atoms with Gasteiger partial charge in [-0.1, -0.05) is 22.0 Å². The van der Waals surface area contributed by atoms with E-state index in [-0.39, 0.29) is 11.9 Å². The van der Waals surface area contributed by atoms with Crippen molar-refractivity contribution in [3.05, 3.63) is 56.8 Å². The molecule has 2 aromatic heterocycles. The third-order valence-electron chi connectivity index (χ3n) is 4.64. The zero-order valence-electron chi connectivity index (χ0n) is 14.2. The van der Waals surface area contributed by atoms with Crippen molar-refractivity contribution in [2.45, 2.75) is 6.04 Å². The van der Waals surface area contributed by atoms with E-state index in [0.29, 0.717) is 12.2 Å². The van der Waals surface area contributed by atoms with E-state index in [1.54, 1.807) is 11.3 Å². The highest BCUT2D eigenvalue weighted by Crippen LogP contribution is 2.26. The summed E-state index contributed by atoms with van der Waals surface area (Å²) in [5.74, 6) is -0.0767. The largest absolute Gasteiger partial charge is 0.379 e. The Hall–Kier alpha value is -1.67. The van der Waals surface area contributed by atoms with Crippen molar-refractivity contribution in [3.63, 3.8) is 0 Å². The number of ether oxygens (including phenoxy) is 1. The van der Waals surface area contributed by atoms with Gasteiger partial charge in [-0.3, -0.25) is 9.69 Å². The third kappa shape index (κ3) is 3.86. The highest BCUT2D eigenvalue weighted by atomic mass is 79.9. The summed E-state index contributed by atoms with van der Waals surface area (Å²) in [6, 6.07) is 12.2. The standard InChI is InChI=1S/C19H20BrN3O2S/c20-14-3-4-15-13(10-14)11-16(22-15)19(24)21-12-17(18-2-1-9-26-18)23-5-7-25-8-6-23/h1-4,9-11,17,22H,5-8,12H2,(H,21,24)/t17-/m0/s1. The van der Waals surface area contributed by atoms with Gasteiger partial charge in [0.2, 0.25) is 0 Å². The summed E-state index contributed by atoms with van der Waals surface area (Å²) in [6.45, 7) is 3.84. The van der Waals surface area contributed by atoms with Gasteiger partial charge in [-0.15, -0.1) is 11.3 Å². The lowest BCUT2D eigenvalue weighted by molar-refractivity contribution is 0.0169. The molecule has 1 aromatic carbocycles.